The predicted molar refractivity (Wildman–Crippen MR) is 151 cm³/mol. The third-order valence-corrected chi connectivity index (χ3v) is 5.53. The first-order valence-corrected chi connectivity index (χ1v) is 14.1. The number of carbonyl (C=O) groups is 5. The molecule has 0 aliphatic heterocycles. The number of carbonyl (C=O) groups excluding carboxylic acids is 5. The molecular weight excluding hydrogens is 540 g/mol. The van der Waals surface area contributed by atoms with Crippen molar-refractivity contribution in [1.29, 1.82) is 0 Å². The molecule has 0 spiro atoms. The van der Waals surface area contributed by atoms with Crippen molar-refractivity contribution in [3.05, 3.63) is 0 Å². The summed E-state index contributed by atoms with van der Waals surface area (Å²) in [6.45, 7) is 9.03. The molecule has 8 N–H and O–H groups in total. The van der Waals surface area contributed by atoms with E-state index in [0.717, 1.165) is 6.42 Å². The van der Waals surface area contributed by atoms with Crippen molar-refractivity contribution in [1.82, 2.24) is 21.3 Å². The largest absolute Gasteiger partial charge is 0.379 e. The van der Waals surface area contributed by atoms with Crippen molar-refractivity contribution in [3.63, 3.8) is 0 Å². The molecule has 41 heavy (non-hydrogen) atoms. The molecule has 0 bridgehead atoms. The van der Waals surface area contributed by atoms with E-state index in [9.17, 15) is 24.0 Å². The van der Waals surface area contributed by atoms with Crippen molar-refractivity contribution in [2.45, 2.75) is 65.0 Å². The van der Waals surface area contributed by atoms with Gasteiger partial charge < -0.3 is 51.7 Å². The van der Waals surface area contributed by atoms with Crippen molar-refractivity contribution in [3.8, 4) is 0 Å². The van der Waals surface area contributed by atoms with Crippen LogP contribution in [0.25, 0.3) is 0 Å². The van der Waals surface area contributed by atoms with Gasteiger partial charge in [-0.1, -0.05) is 20.8 Å². The number of rotatable bonds is 26. The molecule has 2 unspecified atom stereocenters. The molecule has 0 saturated carbocycles. The first kappa shape index (κ1) is 38.0. The normalized spacial score (nSPS) is 12.4. The highest BCUT2D eigenvalue weighted by molar-refractivity contribution is 5.91. The molecule has 0 radical (unpaired) electrons. The van der Waals surface area contributed by atoms with E-state index in [4.69, 9.17) is 30.4 Å². The molecule has 6 amide bonds. The van der Waals surface area contributed by atoms with Gasteiger partial charge in [-0.25, -0.2) is 4.79 Å². The second-order valence-corrected chi connectivity index (χ2v) is 9.49. The van der Waals surface area contributed by atoms with Gasteiger partial charge in [0.1, 0.15) is 12.1 Å². The highest BCUT2D eigenvalue weighted by Crippen LogP contribution is 2.05. The van der Waals surface area contributed by atoms with Crippen LogP contribution in [0.3, 0.4) is 0 Å². The van der Waals surface area contributed by atoms with Crippen molar-refractivity contribution in [2.75, 3.05) is 65.9 Å². The third kappa shape index (κ3) is 22.4. The van der Waals surface area contributed by atoms with Gasteiger partial charge in [0, 0.05) is 25.9 Å². The predicted octanol–water partition coefficient (Wildman–Crippen LogP) is -1.08. The average molecular weight is 591 g/mol. The summed E-state index contributed by atoms with van der Waals surface area (Å²) in [5.74, 6) is -1.84. The molecule has 0 heterocycles. The zero-order valence-electron chi connectivity index (χ0n) is 24.7. The van der Waals surface area contributed by atoms with Gasteiger partial charge >= 0.3 is 6.03 Å². The fraction of sp³-hybridized carbons (Fsp3) is 0.808. The van der Waals surface area contributed by atoms with E-state index >= 15 is 0 Å². The number of primary amides is 2. The Morgan fingerprint density at radius 1 is 0.683 bits per heavy atom. The molecule has 0 aromatic heterocycles. The second kappa shape index (κ2) is 24.8. The van der Waals surface area contributed by atoms with E-state index < -0.39 is 29.9 Å². The molecule has 2 atom stereocenters. The topological polar surface area (TPSA) is 222 Å². The molecule has 0 fully saturated rings. The molecule has 0 aliphatic rings. The van der Waals surface area contributed by atoms with Crippen LogP contribution in [0.1, 0.15) is 52.9 Å². The number of ether oxygens (including phenoxy) is 4. The Bertz CT molecular complexity index is 770. The highest BCUT2D eigenvalue weighted by atomic mass is 16.6. The van der Waals surface area contributed by atoms with Crippen molar-refractivity contribution in [2.24, 2.45) is 17.4 Å². The Balaban J connectivity index is 3.95. The molecule has 238 valence electrons. The summed E-state index contributed by atoms with van der Waals surface area (Å²) in [6.07, 6.45) is 1.96. The summed E-state index contributed by atoms with van der Waals surface area (Å²) in [7, 11) is 0. The minimum Gasteiger partial charge on any atom is -0.379 e. The summed E-state index contributed by atoms with van der Waals surface area (Å²) < 4.78 is 21.6. The zero-order chi connectivity index (χ0) is 30.9. The fourth-order valence-electron chi connectivity index (χ4n) is 3.35. The van der Waals surface area contributed by atoms with E-state index in [2.05, 4.69) is 21.3 Å². The van der Waals surface area contributed by atoms with Crippen LogP contribution in [0.2, 0.25) is 0 Å². The zero-order valence-corrected chi connectivity index (χ0v) is 24.7. The van der Waals surface area contributed by atoms with E-state index in [1.54, 1.807) is 13.8 Å². The van der Waals surface area contributed by atoms with E-state index in [-0.39, 0.29) is 43.7 Å². The van der Waals surface area contributed by atoms with Gasteiger partial charge in [-0.3, -0.25) is 19.2 Å². The molecular formula is C26H50N6O9. The van der Waals surface area contributed by atoms with Gasteiger partial charge in [0.15, 0.2) is 0 Å². The van der Waals surface area contributed by atoms with Crippen LogP contribution in [0.4, 0.5) is 4.79 Å². The monoisotopic (exact) mass is 590 g/mol. The van der Waals surface area contributed by atoms with Crippen LogP contribution < -0.4 is 32.7 Å². The summed E-state index contributed by atoms with van der Waals surface area (Å²) in [5.41, 5.74) is 10.4. The smallest absolute Gasteiger partial charge is 0.312 e. The van der Waals surface area contributed by atoms with E-state index in [0.29, 0.717) is 65.6 Å². The van der Waals surface area contributed by atoms with Gasteiger partial charge in [-0.05, 0) is 25.2 Å². The minimum atomic E-state index is -0.951. The molecule has 0 aromatic rings. The first-order valence-electron chi connectivity index (χ1n) is 14.1. The van der Waals surface area contributed by atoms with Crippen LogP contribution >= 0.6 is 0 Å². The molecule has 15 heteroatoms. The van der Waals surface area contributed by atoms with Gasteiger partial charge in [0.05, 0.1) is 52.9 Å². The van der Waals surface area contributed by atoms with Gasteiger partial charge in [0.25, 0.3) is 0 Å². The van der Waals surface area contributed by atoms with Crippen molar-refractivity contribution >= 4 is 29.7 Å². The van der Waals surface area contributed by atoms with Crippen LogP contribution in [0.5, 0.6) is 0 Å². The van der Waals surface area contributed by atoms with Crippen LogP contribution in [0, 0.1) is 5.92 Å². The van der Waals surface area contributed by atoms with E-state index in [1.807, 2.05) is 6.92 Å². The molecule has 0 aromatic carbocycles. The Morgan fingerprint density at radius 2 is 1.24 bits per heavy atom. The summed E-state index contributed by atoms with van der Waals surface area (Å²) >= 11 is 0. The number of hydrogen-bond acceptors (Lipinski definition) is 9. The summed E-state index contributed by atoms with van der Waals surface area (Å²) in [4.78, 5) is 58.8. The number of nitrogens with two attached hydrogens (primary N) is 2. The van der Waals surface area contributed by atoms with Gasteiger partial charge in [0.2, 0.25) is 23.6 Å². The Hall–Kier alpha value is -3.01. The first-order chi connectivity index (χ1) is 19.6. The lowest BCUT2D eigenvalue weighted by molar-refractivity contribution is -0.132. The lowest BCUT2D eigenvalue weighted by atomic mass is 10.0. The van der Waals surface area contributed by atoms with Gasteiger partial charge in [-0.2, -0.15) is 0 Å². The Kier molecular flexibility index (Phi) is 22.9. The lowest BCUT2D eigenvalue weighted by Gasteiger charge is -2.24. The maximum absolute atomic E-state index is 12.7. The maximum atomic E-state index is 12.7. The standard InChI is InChI=1S/C26H50N6O9/c1-4-6-21(33)29-10-12-39-14-16-41-18-17-40-15-13-38-11-8-22(34)32-23(19(2)3)25(36)31-20(24(27)35)7-5-9-30-26(28)37/h19-20,23H,4-18H2,1-3H3,(H2,27,35)(H,29,33)(H,31,36)(H,32,34)(H3,28,30,37). The molecule has 15 nitrogen and oxygen atoms in total. The molecule has 0 rings (SSSR count). The SMILES string of the molecule is CCCC(=O)NCCOCCOCCOCCOCCC(=O)NC(C(=O)NC(CCCNC(N)=O)C(N)=O)C(C)C. The molecule has 0 saturated heterocycles. The molecule has 0 aliphatic carbocycles. The number of nitrogens with one attached hydrogen (secondary N) is 4. The fourth-order valence-corrected chi connectivity index (χ4v) is 3.35. The third-order valence-electron chi connectivity index (χ3n) is 5.53. The van der Waals surface area contributed by atoms with Crippen LogP contribution in [0.15, 0.2) is 0 Å². The van der Waals surface area contributed by atoms with E-state index in [1.165, 1.54) is 0 Å². The Morgan fingerprint density at radius 3 is 1.76 bits per heavy atom. The number of urea groups is 1. The summed E-state index contributed by atoms with van der Waals surface area (Å²) in [6, 6.07) is -2.50. The second-order valence-electron chi connectivity index (χ2n) is 9.49. The summed E-state index contributed by atoms with van der Waals surface area (Å²) in [5, 5.41) is 10.4. The van der Waals surface area contributed by atoms with Crippen LogP contribution in [-0.2, 0) is 38.1 Å². The quantitative estimate of drug-likeness (QED) is 0.0673. The Labute approximate surface area is 242 Å². The van der Waals surface area contributed by atoms with Crippen LogP contribution in [-0.4, -0.2) is 108 Å². The van der Waals surface area contributed by atoms with Gasteiger partial charge in [-0.15, -0.1) is 0 Å². The average Bonchev–Trinajstić information content (AvgIpc) is 2.90. The number of hydrogen-bond donors (Lipinski definition) is 6. The lowest BCUT2D eigenvalue weighted by Crippen LogP contribution is -2.54. The minimum absolute atomic E-state index is 0.0266. The highest BCUT2D eigenvalue weighted by Gasteiger charge is 2.27. The van der Waals surface area contributed by atoms with Crippen molar-refractivity contribution < 1.29 is 42.9 Å². The number of amides is 6. The maximum Gasteiger partial charge on any atom is 0.312 e.